The Kier molecular flexibility index (Phi) is 4.61. The Labute approximate surface area is 156 Å². The molecular formula is C19H19ClN2O4. The first-order valence-corrected chi connectivity index (χ1v) is 8.77. The van der Waals surface area contributed by atoms with E-state index in [1.807, 2.05) is 36.4 Å². The van der Waals surface area contributed by atoms with Crippen LogP contribution in [0.2, 0.25) is 5.02 Å². The fraction of sp³-hybridized carbons (Fsp3) is 0.316. The molecule has 2 heterocycles. The van der Waals surface area contributed by atoms with Gasteiger partial charge in [0.25, 0.3) is 5.91 Å². The van der Waals surface area contributed by atoms with Crippen LogP contribution in [0.4, 0.5) is 5.69 Å². The Morgan fingerprint density at radius 2 is 2.19 bits per heavy atom. The smallest absolute Gasteiger partial charge is 0.262 e. The number of carbonyl (C=O) groups excluding carboxylic acids is 1. The second-order valence-electron chi connectivity index (χ2n) is 6.23. The summed E-state index contributed by atoms with van der Waals surface area (Å²) in [6.07, 6.45) is -0.575. The lowest BCUT2D eigenvalue weighted by Gasteiger charge is -2.36. The van der Waals surface area contributed by atoms with Crippen LogP contribution in [0.5, 0.6) is 11.5 Å². The van der Waals surface area contributed by atoms with Crippen molar-refractivity contribution in [1.82, 2.24) is 5.32 Å². The summed E-state index contributed by atoms with van der Waals surface area (Å²) in [6.45, 7) is 1.69. The average Bonchev–Trinajstić information content (AvgIpc) is 2.67. The summed E-state index contributed by atoms with van der Waals surface area (Å²) in [4.78, 5) is 14.3. The van der Waals surface area contributed by atoms with Gasteiger partial charge in [-0.25, -0.2) is 0 Å². The van der Waals surface area contributed by atoms with Crippen molar-refractivity contribution in [3.63, 3.8) is 0 Å². The monoisotopic (exact) mass is 374 g/mol. The van der Waals surface area contributed by atoms with Crippen LogP contribution in [-0.4, -0.2) is 32.4 Å². The SMILES string of the molecule is CNC(=O)C1CN(Cc2cc(Cl)cc3c2OCOC3)c2ccccc2O1. The summed E-state index contributed by atoms with van der Waals surface area (Å²) in [7, 11) is 1.61. The van der Waals surface area contributed by atoms with Gasteiger partial charge in [0.2, 0.25) is 0 Å². The summed E-state index contributed by atoms with van der Waals surface area (Å²) in [6, 6.07) is 11.5. The highest BCUT2D eigenvalue weighted by Gasteiger charge is 2.31. The molecule has 1 N–H and O–H groups in total. The number of carbonyl (C=O) groups is 1. The number of ether oxygens (including phenoxy) is 3. The highest BCUT2D eigenvalue weighted by Crippen LogP contribution is 2.37. The molecule has 0 saturated carbocycles. The van der Waals surface area contributed by atoms with E-state index in [9.17, 15) is 4.79 Å². The van der Waals surface area contributed by atoms with E-state index in [0.29, 0.717) is 30.5 Å². The summed E-state index contributed by atoms with van der Waals surface area (Å²) >= 11 is 6.28. The molecule has 1 atom stereocenters. The van der Waals surface area contributed by atoms with Crippen molar-refractivity contribution in [3.8, 4) is 11.5 Å². The van der Waals surface area contributed by atoms with Gasteiger partial charge in [0.15, 0.2) is 12.9 Å². The number of rotatable bonds is 3. The standard InChI is InChI=1S/C19H19ClN2O4/c1-21-19(23)17-9-22(15-4-2-3-5-16(15)26-17)8-12-6-14(20)7-13-10-24-11-25-18(12)13/h2-7,17H,8-11H2,1H3,(H,21,23). The van der Waals surface area contributed by atoms with Gasteiger partial charge in [-0.2, -0.15) is 0 Å². The Morgan fingerprint density at radius 1 is 1.35 bits per heavy atom. The fourth-order valence-corrected chi connectivity index (χ4v) is 3.60. The van der Waals surface area contributed by atoms with E-state index in [1.54, 1.807) is 7.05 Å². The third kappa shape index (κ3) is 3.18. The van der Waals surface area contributed by atoms with E-state index < -0.39 is 6.10 Å². The van der Waals surface area contributed by atoms with Crippen molar-refractivity contribution >= 4 is 23.2 Å². The Morgan fingerprint density at radius 3 is 3.04 bits per heavy atom. The van der Waals surface area contributed by atoms with Gasteiger partial charge in [-0.15, -0.1) is 0 Å². The molecule has 1 amide bonds. The topological polar surface area (TPSA) is 60.0 Å². The number of fused-ring (bicyclic) bond motifs is 2. The normalized spacial score (nSPS) is 18.2. The second kappa shape index (κ2) is 7.05. The maximum absolute atomic E-state index is 12.1. The van der Waals surface area contributed by atoms with Crippen LogP contribution in [-0.2, 0) is 22.7 Å². The van der Waals surface area contributed by atoms with Crippen molar-refractivity contribution in [2.45, 2.75) is 19.3 Å². The molecule has 136 valence electrons. The first kappa shape index (κ1) is 17.0. The largest absolute Gasteiger partial charge is 0.477 e. The van der Waals surface area contributed by atoms with E-state index in [4.69, 9.17) is 25.8 Å². The molecule has 0 saturated heterocycles. The first-order chi connectivity index (χ1) is 12.7. The number of amides is 1. The molecule has 1 unspecified atom stereocenters. The number of nitrogens with one attached hydrogen (secondary N) is 1. The Balaban J connectivity index is 1.69. The zero-order valence-corrected chi connectivity index (χ0v) is 15.1. The van der Waals surface area contributed by atoms with Gasteiger partial charge >= 0.3 is 0 Å². The molecule has 0 bridgehead atoms. The number of nitrogens with zero attached hydrogens (tertiary/aromatic N) is 1. The Hall–Kier alpha value is -2.44. The lowest BCUT2D eigenvalue weighted by atomic mass is 10.1. The van der Waals surface area contributed by atoms with Crippen LogP contribution in [0.25, 0.3) is 0 Å². The fourth-order valence-electron chi connectivity index (χ4n) is 3.33. The molecule has 2 aromatic carbocycles. The third-order valence-electron chi connectivity index (χ3n) is 4.51. The maximum atomic E-state index is 12.1. The molecule has 0 radical (unpaired) electrons. The number of hydrogen-bond acceptors (Lipinski definition) is 5. The van der Waals surface area contributed by atoms with E-state index >= 15 is 0 Å². The van der Waals surface area contributed by atoms with Crippen molar-refractivity contribution in [1.29, 1.82) is 0 Å². The lowest BCUT2D eigenvalue weighted by Crippen LogP contribution is -2.48. The van der Waals surface area contributed by atoms with Gasteiger partial charge in [-0.05, 0) is 24.3 Å². The summed E-state index contributed by atoms with van der Waals surface area (Å²) in [5.41, 5.74) is 2.83. The molecule has 2 aliphatic rings. The average molecular weight is 375 g/mol. The van der Waals surface area contributed by atoms with Gasteiger partial charge in [0, 0.05) is 29.7 Å². The summed E-state index contributed by atoms with van der Waals surface area (Å²) in [5, 5.41) is 3.29. The highest BCUT2D eigenvalue weighted by molar-refractivity contribution is 6.30. The first-order valence-electron chi connectivity index (χ1n) is 8.40. The number of halogens is 1. The summed E-state index contributed by atoms with van der Waals surface area (Å²) in [5.74, 6) is 1.34. The maximum Gasteiger partial charge on any atom is 0.262 e. The zero-order chi connectivity index (χ0) is 18.1. The molecule has 0 aliphatic carbocycles. The van der Waals surface area contributed by atoms with Crippen molar-refractivity contribution < 1.29 is 19.0 Å². The van der Waals surface area contributed by atoms with Crippen molar-refractivity contribution in [3.05, 3.63) is 52.5 Å². The third-order valence-corrected chi connectivity index (χ3v) is 4.73. The molecule has 0 spiro atoms. The minimum absolute atomic E-state index is 0.151. The molecule has 26 heavy (non-hydrogen) atoms. The molecule has 7 heteroatoms. The van der Waals surface area contributed by atoms with Crippen LogP contribution in [0, 0.1) is 0 Å². The molecule has 0 fully saturated rings. The highest BCUT2D eigenvalue weighted by atomic mass is 35.5. The van der Waals surface area contributed by atoms with Gasteiger partial charge in [-0.3, -0.25) is 4.79 Å². The number of hydrogen-bond donors (Lipinski definition) is 1. The van der Waals surface area contributed by atoms with Crippen LogP contribution < -0.4 is 19.7 Å². The van der Waals surface area contributed by atoms with E-state index in [-0.39, 0.29) is 12.7 Å². The molecule has 2 aromatic rings. The Bertz CT molecular complexity index is 842. The van der Waals surface area contributed by atoms with Crippen molar-refractivity contribution in [2.24, 2.45) is 0 Å². The number of anilines is 1. The van der Waals surface area contributed by atoms with E-state index in [1.165, 1.54) is 0 Å². The van der Waals surface area contributed by atoms with E-state index in [0.717, 1.165) is 22.6 Å². The minimum Gasteiger partial charge on any atom is -0.477 e. The molecule has 2 aliphatic heterocycles. The van der Waals surface area contributed by atoms with Crippen LogP contribution >= 0.6 is 11.6 Å². The predicted molar refractivity (Wildman–Crippen MR) is 97.7 cm³/mol. The van der Waals surface area contributed by atoms with Gasteiger partial charge in [-0.1, -0.05) is 23.7 Å². The second-order valence-corrected chi connectivity index (χ2v) is 6.67. The molecular weight excluding hydrogens is 356 g/mol. The lowest BCUT2D eigenvalue weighted by molar-refractivity contribution is -0.127. The molecule has 4 rings (SSSR count). The minimum atomic E-state index is -0.575. The van der Waals surface area contributed by atoms with Gasteiger partial charge in [0.1, 0.15) is 11.5 Å². The number of benzene rings is 2. The van der Waals surface area contributed by atoms with Gasteiger partial charge < -0.3 is 24.4 Å². The van der Waals surface area contributed by atoms with Crippen molar-refractivity contribution in [2.75, 3.05) is 25.3 Å². The van der Waals surface area contributed by atoms with Crippen LogP contribution in [0.15, 0.2) is 36.4 Å². The quantitative estimate of drug-likeness (QED) is 0.895. The predicted octanol–water partition coefficient (Wildman–Crippen LogP) is 2.72. The van der Waals surface area contributed by atoms with E-state index in [2.05, 4.69) is 10.2 Å². The zero-order valence-electron chi connectivity index (χ0n) is 14.3. The summed E-state index contributed by atoms with van der Waals surface area (Å²) < 4.78 is 16.9. The molecule has 0 aromatic heterocycles. The number of likely N-dealkylation sites (N-methyl/N-ethyl adjacent to an activating group) is 1. The van der Waals surface area contributed by atoms with Crippen LogP contribution in [0.1, 0.15) is 11.1 Å². The molecule has 6 nitrogen and oxygen atoms in total. The van der Waals surface area contributed by atoms with Gasteiger partial charge in [0.05, 0.1) is 18.8 Å². The number of para-hydroxylation sites is 2. The van der Waals surface area contributed by atoms with Crippen LogP contribution in [0.3, 0.4) is 0 Å².